The minimum Gasteiger partial charge on any atom is -0.463 e. The van der Waals surface area contributed by atoms with E-state index in [4.69, 9.17) is 9.47 Å². The molecule has 1 heterocycles. The third kappa shape index (κ3) is 7.77. The second-order valence-electron chi connectivity index (χ2n) is 8.47. The molecule has 6 heteroatoms. The molecule has 1 saturated heterocycles. The van der Waals surface area contributed by atoms with E-state index in [9.17, 15) is 14.3 Å². The van der Waals surface area contributed by atoms with Crippen molar-refractivity contribution in [3.63, 3.8) is 0 Å². The van der Waals surface area contributed by atoms with Crippen molar-refractivity contribution in [3.8, 4) is 0 Å². The van der Waals surface area contributed by atoms with Gasteiger partial charge in [0.1, 0.15) is 5.82 Å². The van der Waals surface area contributed by atoms with Crippen LogP contribution in [0.1, 0.15) is 49.5 Å². The lowest BCUT2D eigenvalue weighted by Gasteiger charge is -2.27. The van der Waals surface area contributed by atoms with Gasteiger partial charge in [-0.05, 0) is 74.6 Å². The molecule has 1 N–H and O–H groups in total. The number of esters is 1. The minimum absolute atomic E-state index is 0.209. The number of benzene rings is 2. The third-order valence-electron chi connectivity index (χ3n) is 5.96. The Hall–Kier alpha value is -2.54. The van der Waals surface area contributed by atoms with Crippen molar-refractivity contribution >= 4 is 12.0 Å². The number of carbonyl (C=O) groups excluding carboxylic acids is 1. The summed E-state index contributed by atoms with van der Waals surface area (Å²) < 4.78 is 24.5. The largest absolute Gasteiger partial charge is 0.463 e. The van der Waals surface area contributed by atoms with Crippen LogP contribution in [-0.4, -0.2) is 54.4 Å². The number of aliphatic hydroxyl groups excluding tert-OH is 1. The summed E-state index contributed by atoms with van der Waals surface area (Å²) in [7, 11) is 0. The second-order valence-corrected chi connectivity index (χ2v) is 8.47. The summed E-state index contributed by atoms with van der Waals surface area (Å²) in [5, 5.41) is 10.6. The van der Waals surface area contributed by atoms with Crippen molar-refractivity contribution in [1.82, 2.24) is 4.90 Å². The van der Waals surface area contributed by atoms with Gasteiger partial charge >= 0.3 is 5.97 Å². The van der Waals surface area contributed by atoms with Crippen LogP contribution in [0.4, 0.5) is 4.39 Å². The third-order valence-corrected chi connectivity index (χ3v) is 5.96. The van der Waals surface area contributed by atoms with Gasteiger partial charge in [0.25, 0.3) is 0 Å². The molecule has 5 nitrogen and oxygen atoms in total. The molecule has 3 rings (SSSR count). The Morgan fingerprint density at radius 3 is 2.88 bits per heavy atom. The summed E-state index contributed by atoms with van der Waals surface area (Å²) >= 11 is 0. The molecule has 0 aromatic heterocycles. The van der Waals surface area contributed by atoms with E-state index in [1.54, 1.807) is 25.1 Å². The smallest absolute Gasteiger partial charge is 0.330 e. The van der Waals surface area contributed by atoms with E-state index >= 15 is 0 Å². The predicted molar refractivity (Wildman–Crippen MR) is 127 cm³/mol. The molecule has 1 fully saturated rings. The van der Waals surface area contributed by atoms with Crippen molar-refractivity contribution in [3.05, 3.63) is 77.1 Å². The number of hydrogen-bond acceptors (Lipinski definition) is 5. The predicted octanol–water partition coefficient (Wildman–Crippen LogP) is 4.55. The molecule has 0 spiro atoms. The van der Waals surface area contributed by atoms with Crippen LogP contribution in [0.5, 0.6) is 0 Å². The van der Waals surface area contributed by atoms with Gasteiger partial charge in [0.15, 0.2) is 0 Å². The van der Waals surface area contributed by atoms with E-state index in [-0.39, 0.29) is 24.5 Å². The van der Waals surface area contributed by atoms with Crippen LogP contribution >= 0.6 is 0 Å². The van der Waals surface area contributed by atoms with Gasteiger partial charge in [-0.2, -0.15) is 0 Å². The topological polar surface area (TPSA) is 59.0 Å². The number of hydrogen-bond donors (Lipinski definition) is 1. The zero-order chi connectivity index (χ0) is 23.6. The van der Waals surface area contributed by atoms with E-state index in [1.807, 2.05) is 37.3 Å². The van der Waals surface area contributed by atoms with Gasteiger partial charge in [-0.25, -0.2) is 9.18 Å². The minimum atomic E-state index is -0.622. The van der Waals surface area contributed by atoms with Gasteiger partial charge in [-0.15, -0.1) is 0 Å². The summed E-state index contributed by atoms with van der Waals surface area (Å²) in [4.78, 5) is 13.9. The Morgan fingerprint density at radius 1 is 1.27 bits per heavy atom. The molecule has 178 valence electrons. The quantitative estimate of drug-likeness (QED) is 0.398. The van der Waals surface area contributed by atoms with E-state index in [2.05, 4.69) is 4.90 Å². The number of rotatable bonds is 11. The summed E-state index contributed by atoms with van der Waals surface area (Å²) in [5.74, 6) is -0.591. The molecule has 33 heavy (non-hydrogen) atoms. The highest BCUT2D eigenvalue weighted by Crippen LogP contribution is 2.24. The lowest BCUT2D eigenvalue weighted by atomic mass is 10.0. The maximum atomic E-state index is 13.5. The summed E-state index contributed by atoms with van der Waals surface area (Å²) in [5.41, 5.74) is 2.80. The number of halogens is 1. The number of nitrogens with zero attached hydrogens (tertiary/aromatic N) is 1. The first-order valence-corrected chi connectivity index (χ1v) is 11.7. The Morgan fingerprint density at radius 2 is 2.09 bits per heavy atom. The van der Waals surface area contributed by atoms with E-state index < -0.39 is 6.10 Å². The number of carbonyl (C=O) groups is 1. The number of β-amino-alcohol motifs (C(OH)–C–C–N with tert-alkyl or cyclic N) is 1. The molecule has 2 aromatic rings. The van der Waals surface area contributed by atoms with Crippen molar-refractivity contribution in [2.24, 2.45) is 0 Å². The van der Waals surface area contributed by atoms with Crippen LogP contribution in [0, 0.1) is 5.82 Å². The van der Waals surface area contributed by atoms with E-state index in [0.717, 1.165) is 42.5 Å². The number of aliphatic hydroxyl groups is 1. The first-order chi connectivity index (χ1) is 16.0. The molecule has 1 unspecified atom stereocenters. The molecular weight excluding hydrogens is 421 g/mol. The van der Waals surface area contributed by atoms with Crippen LogP contribution in [0.2, 0.25) is 0 Å². The highest BCUT2D eigenvalue weighted by atomic mass is 19.1. The zero-order valence-electron chi connectivity index (χ0n) is 19.5. The van der Waals surface area contributed by atoms with E-state index in [0.29, 0.717) is 19.2 Å². The van der Waals surface area contributed by atoms with Crippen LogP contribution in [0.3, 0.4) is 0 Å². The molecule has 0 bridgehead atoms. The molecule has 0 aliphatic carbocycles. The van der Waals surface area contributed by atoms with Crippen molar-refractivity contribution in [2.45, 2.75) is 51.4 Å². The first kappa shape index (κ1) is 25.1. The first-order valence-electron chi connectivity index (χ1n) is 11.7. The number of likely N-dealkylation sites (tertiary alicyclic amines) is 1. The molecule has 0 amide bonds. The lowest BCUT2D eigenvalue weighted by Crippen LogP contribution is -2.39. The maximum absolute atomic E-state index is 13.5. The highest BCUT2D eigenvalue weighted by Gasteiger charge is 2.27. The van der Waals surface area contributed by atoms with Crippen molar-refractivity contribution in [2.75, 3.05) is 26.3 Å². The van der Waals surface area contributed by atoms with Gasteiger partial charge < -0.3 is 14.6 Å². The zero-order valence-corrected chi connectivity index (χ0v) is 19.5. The Balaban J connectivity index is 1.52. The Kier molecular flexibility index (Phi) is 9.61. The van der Waals surface area contributed by atoms with Gasteiger partial charge in [-0.3, -0.25) is 4.90 Å². The standard InChI is InChI=1S/C27H34FNO4/c1-3-32-27(31)14-13-22-9-4-5-12-26(22)20(2)33-19-25(30)18-29-15-7-11-24(29)17-21-8-6-10-23(28)16-21/h4-6,8-10,12-14,16,20,24-25,30H,3,7,11,15,17-19H2,1-2H3/b14-13+/t20-,24?,25-/m1/s1. The second kappa shape index (κ2) is 12.6. The Labute approximate surface area is 195 Å². The molecule has 1 aliphatic heterocycles. The van der Waals surface area contributed by atoms with Gasteiger partial charge in [-0.1, -0.05) is 36.4 Å². The van der Waals surface area contributed by atoms with Crippen LogP contribution in [0.15, 0.2) is 54.6 Å². The Bertz CT molecular complexity index is 932. The summed E-state index contributed by atoms with van der Waals surface area (Å²) in [6.45, 7) is 5.70. The fraction of sp³-hybridized carbons (Fsp3) is 0.444. The van der Waals surface area contributed by atoms with E-state index in [1.165, 1.54) is 12.1 Å². The summed E-state index contributed by atoms with van der Waals surface area (Å²) in [6, 6.07) is 14.8. The van der Waals surface area contributed by atoms with Gasteiger partial charge in [0.2, 0.25) is 0 Å². The summed E-state index contributed by atoms with van der Waals surface area (Å²) in [6.07, 6.45) is 5.17. The molecular formula is C27H34FNO4. The fourth-order valence-electron chi connectivity index (χ4n) is 4.35. The average molecular weight is 456 g/mol. The normalized spacial score (nSPS) is 18.5. The highest BCUT2D eigenvalue weighted by molar-refractivity contribution is 5.87. The molecule has 2 aromatic carbocycles. The lowest BCUT2D eigenvalue weighted by molar-refractivity contribution is -0.137. The van der Waals surface area contributed by atoms with Crippen molar-refractivity contribution < 1.29 is 23.8 Å². The number of ether oxygens (including phenoxy) is 2. The van der Waals surface area contributed by atoms with Crippen LogP contribution in [-0.2, 0) is 20.7 Å². The maximum Gasteiger partial charge on any atom is 0.330 e. The van der Waals surface area contributed by atoms with Crippen LogP contribution in [0.25, 0.3) is 6.08 Å². The van der Waals surface area contributed by atoms with Crippen LogP contribution < -0.4 is 0 Å². The molecule has 3 atom stereocenters. The monoisotopic (exact) mass is 455 g/mol. The SMILES string of the molecule is CCOC(=O)/C=C/c1ccccc1[C@@H](C)OC[C@H](O)CN1CCCC1Cc1cccc(F)c1. The average Bonchev–Trinajstić information content (AvgIpc) is 3.22. The van der Waals surface area contributed by atoms with Gasteiger partial charge in [0.05, 0.1) is 25.4 Å². The van der Waals surface area contributed by atoms with Gasteiger partial charge in [0, 0.05) is 18.7 Å². The van der Waals surface area contributed by atoms with Crippen molar-refractivity contribution in [1.29, 1.82) is 0 Å². The fourth-order valence-corrected chi connectivity index (χ4v) is 4.35. The molecule has 1 aliphatic rings. The molecule has 0 saturated carbocycles. The molecule has 0 radical (unpaired) electrons.